The molecule has 0 radical (unpaired) electrons. The summed E-state index contributed by atoms with van der Waals surface area (Å²) in [4.78, 5) is 15.0. The minimum absolute atomic E-state index is 0.154. The Hall–Kier alpha value is -3.53. The fraction of sp³-hybridized carbons (Fsp3) is 0.160. The summed E-state index contributed by atoms with van der Waals surface area (Å²) < 4.78 is 5.96. The molecule has 0 saturated heterocycles. The van der Waals surface area contributed by atoms with Crippen LogP contribution in [0.3, 0.4) is 0 Å². The molecule has 0 saturated carbocycles. The van der Waals surface area contributed by atoms with Crippen LogP contribution < -0.4 is 15.4 Å². The third-order valence-electron chi connectivity index (χ3n) is 5.10. The van der Waals surface area contributed by atoms with Crippen LogP contribution in [0.15, 0.2) is 78.6 Å². The van der Waals surface area contributed by atoms with E-state index < -0.39 is 0 Å². The first-order valence-corrected chi connectivity index (χ1v) is 9.88. The van der Waals surface area contributed by atoms with Gasteiger partial charge in [-0.05, 0) is 53.8 Å². The lowest BCUT2D eigenvalue weighted by molar-refractivity contribution is -0.117. The quantitative estimate of drug-likeness (QED) is 0.506. The minimum atomic E-state index is -0.154. The van der Waals surface area contributed by atoms with Gasteiger partial charge in [-0.25, -0.2) is 0 Å². The molecule has 1 amide bonds. The molecular formula is C25H24N2O2. The van der Waals surface area contributed by atoms with E-state index >= 15 is 0 Å². The van der Waals surface area contributed by atoms with Gasteiger partial charge in [0, 0.05) is 12.2 Å². The van der Waals surface area contributed by atoms with Crippen molar-refractivity contribution in [2.45, 2.75) is 19.8 Å². The van der Waals surface area contributed by atoms with E-state index in [0.717, 1.165) is 18.4 Å². The molecule has 146 valence electrons. The van der Waals surface area contributed by atoms with Crippen molar-refractivity contribution in [2.24, 2.45) is 0 Å². The van der Waals surface area contributed by atoms with Gasteiger partial charge in [-0.1, -0.05) is 61.5 Å². The van der Waals surface area contributed by atoms with E-state index in [9.17, 15) is 4.79 Å². The van der Waals surface area contributed by atoms with Crippen molar-refractivity contribution in [1.82, 2.24) is 0 Å². The molecule has 0 bridgehead atoms. The van der Waals surface area contributed by atoms with Crippen LogP contribution in [-0.4, -0.2) is 12.5 Å². The van der Waals surface area contributed by atoms with Crippen LogP contribution in [0.4, 0.5) is 11.4 Å². The average molecular weight is 384 g/mol. The first-order chi connectivity index (χ1) is 14.1. The Labute approximate surface area is 171 Å². The molecule has 0 atom stereocenters. The molecule has 1 aliphatic heterocycles. The molecule has 1 heterocycles. The van der Waals surface area contributed by atoms with E-state index in [1.807, 2.05) is 36.4 Å². The summed E-state index contributed by atoms with van der Waals surface area (Å²) in [5.41, 5.74) is 10.7. The number of rotatable bonds is 5. The molecule has 0 aliphatic carbocycles. The molecule has 0 unspecified atom stereocenters. The highest BCUT2D eigenvalue weighted by atomic mass is 16.5. The number of nitrogens with zero attached hydrogens (tertiary/aromatic N) is 1. The number of nitrogens with two attached hydrogens (primary N) is 1. The Balaban J connectivity index is 1.65. The Kier molecular flexibility index (Phi) is 5.34. The molecular weight excluding hydrogens is 360 g/mol. The molecule has 29 heavy (non-hydrogen) atoms. The second kappa shape index (κ2) is 8.23. The molecule has 4 nitrogen and oxygen atoms in total. The Morgan fingerprint density at radius 1 is 0.966 bits per heavy atom. The van der Waals surface area contributed by atoms with Crippen molar-refractivity contribution in [1.29, 1.82) is 0 Å². The minimum Gasteiger partial charge on any atom is -0.449 e. The largest absolute Gasteiger partial charge is 0.449 e. The predicted octanol–water partition coefficient (Wildman–Crippen LogP) is 4.84. The molecule has 4 heteroatoms. The van der Waals surface area contributed by atoms with Crippen molar-refractivity contribution in [2.75, 3.05) is 17.2 Å². The first-order valence-electron chi connectivity index (χ1n) is 9.88. The smallest absolute Gasteiger partial charge is 0.294 e. The lowest BCUT2D eigenvalue weighted by Crippen LogP contribution is -2.38. The second-order valence-electron chi connectivity index (χ2n) is 7.13. The molecule has 3 aromatic rings. The number of hydrogen-bond donors (Lipinski definition) is 1. The SMILES string of the molecule is CCc1ccc(/C=C2/Oc3ccc(N)cc3N(CCc3ccccc3)C2=O)cc1. The molecule has 0 aromatic heterocycles. The second-order valence-corrected chi connectivity index (χ2v) is 7.13. The number of anilines is 2. The van der Waals surface area contributed by atoms with Crippen LogP contribution in [0.1, 0.15) is 23.6 Å². The van der Waals surface area contributed by atoms with Crippen LogP contribution in [0.2, 0.25) is 0 Å². The van der Waals surface area contributed by atoms with E-state index in [-0.39, 0.29) is 5.91 Å². The fourth-order valence-electron chi connectivity index (χ4n) is 3.44. The van der Waals surface area contributed by atoms with Crippen molar-refractivity contribution in [3.63, 3.8) is 0 Å². The summed E-state index contributed by atoms with van der Waals surface area (Å²) in [6.45, 7) is 2.67. The van der Waals surface area contributed by atoms with Gasteiger partial charge in [0.25, 0.3) is 5.91 Å². The van der Waals surface area contributed by atoms with Crippen LogP contribution in [0, 0.1) is 0 Å². The zero-order chi connectivity index (χ0) is 20.2. The van der Waals surface area contributed by atoms with Gasteiger partial charge in [0.2, 0.25) is 0 Å². The lowest BCUT2D eigenvalue weighted by atomic mass is 10.1. The van der Waals surface area contributed by atoms with Gasteiger partial charge in [0.05, 0.1) is 5.69 Å². The zero-order valence-corrected chi connectivity index (χ0v) is 16.5. The third-order valence-corrected chi connectivity index (χ3v) is 5.10. The number of carbonyl (C=O) groups is 1. The Morgan fingerprint density at radius 2 is 1.72 bits per heavy atom. The van der Waals surface area contributed by atoms with Crippen LogP contribution in [-0.2, 0) is 17.6 Å². The monoisotopic (exact) mass is 384 g/mol. The highest BCUT2D eigenvalue weighted by Gasteiger charge is 2.30. The van der Waals surface area contributed by atoms with Gasteiger partial charge < -0.3 is 15.4 Å². The summed E-state index contributed by atoms with van der Waals surface area (Å²) in [6, 6.07) is 23.7. The number of benzene rings is 3. The molecule has 0 fully saturated rings. The van der Waals surface area contributed by atoms with Crippen LogP contribution in [0.25, 0.3) is 6.08 Å². The van der Waals surface area contributed by atoms with Gasteiger partial charge in [-0.3, -0.25) is 4.79 Å². The van der Waals surface area contributed by atoms with E-state index in [0.29, 0.717) is 29.4 Å². The van der Waals surface area contributed by atoms with Crippen LogP contribution in [0.5, 0.6) is 5.75 Å². The summed E-state index contributed by atoms with van der Waals surface area (Å²) >= 11 is 0. The zero-order valence-electron chi connectivity index (χ0n) is 16.5. The number of ether oxygens (including phenoxy) is 1. The van der Waals surface area contributed by atoms with Crippen molar-refractivity contribution < 1.29 is 9.53 Å². The Morgan fingerprint density at radius 3 is 2.45 bits per heavy atom. The molecule has 3 aromatic carbocycles. The standard InChI is InChI=1S/C25H24N2O2/c1-2-18-8-10-20(11-9-18)16-24-25(28)27(15-14-19-6-4-3-5-7-19)22-17-21(26)12-13-23(22)29-24/h3-13,16-17H,2,14-15,26H2,1H3/b24-16+. The van der Waals surface area contributed by atoms with E-state index in [1.54, 1.807) is 23.1 Å². The molecule has 1 aliphatic rings. The van der Waals surface area contributed by atoms with Crippen molar-refractivity contribution in [3.05, 3.63) is 95.2 Å². The highest BCUT2D eigenvalue weighted by molar-refractivity contribution is 6.10. The van der Waals surface area contributed by atoms with E-state index in [4.69, 9.17) is 10.5 Å². The van der Waals surface area contributed by atoms with Crippen molar-refractivity contribution >= 4 is 23.4 Å². The maximum atomic E-state index is 13.2. The van der Waals surface area contributed by atoms with E-state index in [2.05, 4.69) is 31.2 Å². The number of carbonyl (C=O) groups excluding carboxylic acids is 1. The topological polar surface area (TPSA) is 55.6 Å². The summed E-state index contributed by atoms with van der Waals surface area (Å²) in [5, 5.41) is 0. The van der Waals surface area contributed by atoms with Gasteiger partial charge >= 0.3 is 0 Å². The number of fused-ring (bicyclic) bond motifs is 1. The van der Waals surface area contributed by atoms with Crippen LogP contribution >= 0.6 is 0 Å². The van der Waals surface area contributed by atoms with Gasteiger partial charge in [-0.2, -0.15) is 0 Å². The maximum Gasteiger partial charge on any atom is 0.294 e. The first kappa shape index (κ1) is 18.8. The highest BCUT2D eigenvalue weighted by Crippen LogP contribution is 2.37. The maximum absolute atomic E-state index is 13.2. The molecule has 2 N–H and O–H groups in total. The number of nitrogen functional groups attached to an aromatic ring is 1. The summed E-state index contributed by atoms with van der Waals surface area (Å²) in [5.74, 6) is 0.807. The van der Waals surface area contributed by atoms with Crippen molar-refractivity contribution in [3.8, 4) is 5.75 Å². The number of hydrogen-bond acceptors (Lipinski definition) is 3. The third kappa shape index (κ3) is 4.16. The molecule has 0 spiro atoms. The average Bonchev–Trinajstić information content (AvgIpc) is 2.75. The van der Waals surface area contributed by atoms with E-state index in [1.165, 1.54) is 11.1 Å². The van der Waals surface area contributed by atoms with Gasteiger partial charge in [-0.15, -0.1) is 0 Å². The lowest BCUT2D eigenvalue weighted by Gasteiger charge is -2.31. The molecule has 4 rings (SSSR count). The fourth-order valence-corrected chi connectivity index (χ4v) is 3.44. The summed E-state index contributed by atoms with van der Waals surface area (Å²) in [6.07, 6.45) is 3.53. The Bertz CT molecular complexity index is 1040. The normalized spacial score (nSPS) is 14.6. The number of aryl methyl sites for hydroxylation is 1. The number of amides is 1. The van der Waals surface area contributed by atoms with Gasteiger partial charge in [0.15, 0.2) is 11.5 Å². The predicted molar refractivity (Wildman–Crippen MR) is 118 cm³/mol. The summed E-state index contributed by atoms with van der Waals surface area (Å²) in [7, 11) is 0. The van der Waals surface area contributed by atoms with Gasteiger partial charge in [0.1, 0.15) is 0 Å².